The second-order valence-electron chi connectivity index (χ2n) is 4.79. The minimum absolute atomic E-state index is 0.00346. The molecule has 102 valence electrons. The Labute approximate surface area is 111 Å². The van der Waals surface area contributed by atoms with Crippen molar-refractivity contribution in [1.82, 2.24) is 10.6 Å². The van der Waals surface area contributed by atoms with Crippen LogP contribution in [0.1, 0.15) is 31.4 Å². The van der Waals surface area contributed by atoms with Crippen molar-refractivity contribution in [3.63, 3.8) is 0 Å². The van der Waals surface area contributed by atoms with Crippen LogP contribution in [0.2, 0.25) is 0 Å². The SMILES string of the molecule is CC(NCC(=O)NC1CC1)c1ccc([N+](=O)[O-])cc1. The van der Waals surface area contributed by atoms with Crippen LogP contribution in [0.5, 0.6) is 0 Å². The van der Waals surface area contributed by atoms with E-state index >= 15 is 0 Å². The number of rotatable bonds is 6. The molecule has 6 heteroatoms. The van der Waals surface area contributed by atoms with Gasteiger partial charge in [-0.05, 0) is 25.3 Å². The lowest BCUT2D eigenvalue weighted by Gasteiger charge is -2.13. The molecule has 1 aromatic rings. The van der Waals surface area contributed by atoms with Gasteiger partial charge in [0, 0.05) is 24.2 Å². The van der Waals surface area contributed by atoms with Crippen molar-refractivity contribution < 1.29 is 9.72 Å². The van der Waals surface area contributed by atoms with Crippen molar-refractivity contribution in [3.8, 4) is 0 Å². The van der Waals surface area contributed by atoms with Gasteiger partial charge in [-0.25, -0.2) is 0 Å². The van der Waals surface area contributed by atoms with Crippen LogP contribution in [0.4, 0.5) is 5.69 Å². The lowest BCUT2D eigenvalue weighted by Crippen LogP contribution is -2.36. The van der Waals surface area contributed by atoms with Crippen molar-refractivity contribution in [3.05, 3.63) is 39.9 Å². The van der Waals surface area contributed by atoms with Crippen LogP contribution in [0.25, 0.3) is 0 Å². The fourth-order valence-electron chi connectivity index (χ4n) is 1.75. The summed E-state index contributed by atoms with van der Waals surface area (Å²) in [7, 11) is 0. The summed E-state index contributed by atoms with van der Waals surface area (Å²) in [4.78, 5) is 21.6. The van der Waals surface area contributed by atoms with Gasteiger partial charge in [0.25, 0.3) is 5.69 Å². The van der Waals surface area contributed by atoms with Gasteiger partial charge in [-0.15, -0.1) is 0 Å². The normalized spacial score (nSPS) is 15.8. The van der Waals surface area contributed by atoms with Crippen molar-refractivity contribution in [2.45, 2.75) is 31.8 Å². The molecule has 1 aromatic carbocycles. The lowest BCUT2D eigenvalue weighted by molar-refractivity contribution is -0.384. The molecule has 1 saturated carbocycles. The van der Waals surface area contributed by atoms with E-state index in [0.717, 1.165) is 18.4 Å². The van der Waals surface area contributed by atoms with Gasteiger partial charge < -0.3 is 10.6 Å². The lowest BCUT2D eigenvalue weighted by atomic mass is 10.1. The fraction of sp³-hybridized carbons (Fsp3) is 0.462. The largest absolute Gasteiger partial charge is 0.352 e. The summed E-state index contributed by atoms with van der Waals surface area (Å²) in [5.41, 5.74) is 0.993. The predicted molar refractivity (Wildman–Crippen MR) is 70.7 cm³/mol. The first-order chi connectivity index (χ1) is 9.06. The zero-order chi connectivity index (χ0) is 13.8. The van der Waals surface area contributed by atoms with Gasteiger partial charge in [0.1, 0.15) is 0 Å². The van der Waals surface area contributed by atoms with E-state index in [-0.39, 0.29) is 24.2 Å². The molecule has 0 aliphatic heterocycles. The van der Waals surface area contributed by atoms with Crippen molar-refractivity contribution in [2.75, 3.05) is 6.54 Å². The number of nitro groups is 1. The zero-order valence-corrected chi connectivity index (χ0v) is 10.8. The van der Waals surface area contributed by atoms with Crippen LogP contribution in [0, 0.1) is 10.1 Å². The van der Waals surface area contributed by atoms with Crippen LogP contribution >= 0.6 is 0 Å². The van der Waals surface area contributed by atoms with Crippen molar-refractivity contribution in [1.29, 1.82) is 0 Å². The molecule has 0 radical (unpaired) electrons. The molecule has 19 heavy (non-hydrogen) atoms. The van der Waals surface area contributed by atoms with Gasteiger partial charge in [0.2, 0.25) is 5.91 Å². The highest BCUT2D eigenvalue weighted by molar-refractivity contribution is 5.78. The quantitative estimate of drug-likeness (QED) is 0.602. The zero-order valence-electron chi connectivity index (χ0n) is 10.8. The molecule has 0 spiro atoms. The molecule has 6 nitrogen and oxygen atoms in total. The Kier molecular flexibility index (Phi) is 4.11. The first kappa shape index (κ1) is 13.5. The van der Waals surface area contributed by atoms with Gasteiger partial charge in [-0.3, -0.25) is 14.9 Å². The Hall–Kier alpha value is -1.95. The summed E-state index contributed by atoms with van der Waals surface area (Å²) in [5, 5.41) is 16.5. The average Bonchev–Trinajstić information content (AvgIpc) is 3.20. The van der Waals surface area contributed by atoms with Gasteiger partial charge in [0.05, 0.1) is 11.5 Å². The third-order valence-electron chi connectivity index (χ3n) is 3.12. The summed E-state index contributed by atoms with van der Waals surface area (Å²) < 4.78 is 0. The first-order valence-electron chi connectivity index (χ1n) is 6.33. The summed E-state index contributed by atoms with van der Waals surface area (Å²) in [6.45, 7) is 2.18. The van der Waals surface area contributed by atoms with Crippen LogP contribution in [-0.2, 0) is 4.79 Å². The Bertz CT molecular complexity index is 469. The number of hydrogen-bond acceptors (Lipinski definition) is 4. The number of carbonyl (C=O) groups is 1. The van der Waals surface area contributed by atoms with E-state index in [4.69, 9.17) is 0 Å². The van der Waals surface area contributed by atoms with E-state index in [1.54, 1.807) is 12.1 Å². The summed E-state index contributed by atoms with van der Waals surface area (Å²) in [6, 6.07) is 6.69. The summed E-state index contributed by atoms with van der Waals surface area (Å²) in [5.74, 6) is -0.00346. The van der Waals surface area contributed by atoms with Gasteiger partial charge in [0.15, 0.2) is 0 Å². The topological polar surface area (TPSA) is 84.3 Å². The minimum Gasteiger partial charge on any atom is -0.352 e. The maximum absolute atomic E-state index is 11.5. The average molecular weight is 263 g/mol. The fourth-order valence-corrected chi connectivity index (χ4v) is 1.75. The molecule has 1 atom stereocenters. The molecule has 0 aromatic heterocycles. The predicted octanol–water partition coefficient (Wildman–Crippen LogP) is 1.52. The van der Waals surface area contributed by atoms with E-state index in [2.05, 4.69) is 10.6 Å². The van der Waals surface area contributed by atoms with E-state index in [0.29, 0.717) is 6.04 Å². The molecule has 1 fully saturated rings. The van der Waals surface area contributed by atoms with Crippen molar-refractivity contribution >= 4 is 11.6 Å². The highest BCUT2D eigenvalue weighted by Crippen LogP contribution is 2.19. The maximum Gasteiger partial charge on any atom is 0.269 e. The van der Waals surface area contributed by atoms with Gasteiger partial charge >= 0.3 is 0 Å². The number of amides is 1. The molecule has 1 aliphatic carbocycles. The highest BCUT2D eigenvalue weighted by atomic mass is 16.6. The third-order valence-corrected chi connectivity index (χ3v) is 3.12. The standard InChI is InChI=1S/C13H17N3O3/c1-9(14-8-13(17)15-11-4-5-11)10-2-6-12(7-3-10)16(18)19/h2-3,6-7,9,11,14H,4-5,8H2,1H3,(H,15,17). The summed E-state index contributed by atoms with van der Waals surface area (Å²) >= 11 is 0. The summed E-state index contributed by atoms with van der Waals surface area (Å²) in [6.07, 6.45) is 2.15. The second kappa shape index (κ2) is 5.79. The molecular weight excluding hydrogens is 246 g/mol. The number of nitro benzene ring substituents is 1. The Morgan fingerprint density at radius 2 is 2.05 bits per heavy atom. The number of benzene rings is 1. The monoisotopic (exact) mass is 263 g/mol. The first-order valence-corrected chi connectivity index (χ1v) is 6.33. The Balaban J connectivity index is 1.82. The minimum atomic E-state index is -0.426. The molecule has 0 bridgehead atoms. The van der Waals surface area contributed by atoms with E-state index in [9.17, 15) is 14.9 Å². The molecule has 1 unspecified atom stereocenters. The van der Waals surface area contributed by atoms with Crippen LogP contribution < -0.4 is 10.6 Å². The molecular formula is C13H17N3O3. The molecule has 0 saturated heterocycles. The van der Waals surface area contributed by atoms with E-state index < -0.39 is 4.92 Å². The maximum atomic E-state index is 11.5. The van der Waals surface area contributed by atoms with E-state index in [1.807, 2.05) is 6.92 Å². The van der Waals surface area contributed by atoms with Crippen LogP contribution in [0.15, 0.2) is 24.3 Å². The van der Waals surface area contributed by atoms with Gasteiger partial charge in [-0.2, -0.15) is 0 Å². The molecule has 2 rings (SSSR count). The highest BCUT2D eigenvalue weighted by Gasteiger charge is 2.23. The number of nitrogens with one attached hydrogen (secondary N) is 2. The smallest absolute Gasteiger partial charge is 0.269 e. The number of non-ortho nitro benzene ring substituents is 1. The van der Waals surface area contributed by atoms with E-state index in [1.165, 1.54) is 12.1 Å². The van der Waals surface area contributed by atoms with Gasteiger partial charge in [-0.1, -0.05) is 12.1 Å². The van der Waals surface area contributed by atoms with Crippen LogP contribution in [0.3, 0.4) is 0 Å². The van der Waals surface area contributed by atoms with Crippen molar-refractivity contribution in [2.24, 2.45) is 0 Å². The number of carbonyl (C=O) groups excluding carboxylic acids is 1. The number of nitrogens with zero attached hydrogens (tertiary/aromatic N) is 1. The number of hydrogen-bond donors (Lipinski definition) is 2. The van der Waals surface area contributed by atoms with Crippen LogP contribution in [-0.4, -0.2) is 23.4 Å². The molecule has 0 heterocycles. The molecule has 1 aliphatic rings. The Morgan fingerprint density at radius 3 is 2.58 bits per heavy atom. The third kappa shape index (κ3) is 4.03. The molecule has 1 amide bonds. The Morgan fingerprint density at radius 1 is 1.42 bits per heavy atom. The molecule has 2 N–H and O–H groups in total. The second-order valence-corrected chi connectivity index (χ2v) is 4.79.